The van der Waals surface area contributed by atoms with Gasteiger partial charge in [-0.05, 0) is 5.41 Å². The van der Waals surface area contributed by atoms with Crippen molar-refractivity contribution in [2.45, 2.75) is 26.2 Å². The van der Waals surface area contributed by atoms with Crippen LogP contribution in [0, 0.1) is 0 Å². The Bertz CT molecular complexity index is 374. The Kier molecular flexibility index (Phi) is 3.23. The summed E-state index contributed by atoms with van der Waals surface area (Å²) in [6.45, 7) is 5.97. The molecule has 0 heterocycles. The van der Waals surface area contributed by atoms with Gasteiger partial charge in [-0.15, -0.1) is 27.3 Å². The Morgan fingerprint density at radius 1 is 0.600 bits per heavy atom. The molecule has 0 amide bonds. The van der Waals surface area contributed by atoms with Gasteiger partial charge >= 0.3 is 0 Å². The zero-order valence-corrected chi connectivity index (χ0v) is 9.39. The molecule has 0 spiro atoms. The smallest absolute Gasteiger partial charge is 0.112 e. The first kappa shape index (κ1) is 12.6. The van der Waals surface area contributed by atoms with Crippen LogP contribution in [0.2, 0.25) is 0 Å². The lowest BCUT2D eigenvalue weighted by atomic mass is 9.57. The van der Waals surface area contributed by atoms with Crippen LogP contribution in [0.25, 0.3) is 0 Å². The lowest BCUT2D eigenvalue weighted by Crippen LogP contribution is -2.58. The number of rotatable bonds is 0. The number of benzene rings is 1. The maximum absolute atomic E-state index is 5.90. The van der Waals surface area contributed by atoms with Crippen molar-refractivity contribution in [3.05, 3.63) is 5.56 Å². The Morgan fingerprint density at radius 3 is 1.13 bits per heavy atom. The van der Waals surface area contributed by atoms with Crippen molar-refractivity contribution >= 4 is 66.5 Å². The lowest BCUT2D eigenvalue weighted by Gasteiger charge is -2.30. The van der Waals surface area contributed by atoms with E-state index in [1.165, 1.54) is 0 Å². The molecule has 0 atom stereocenters. The zero-order chi connectivity index (χ0) is 12.0. The van der Waals surface area contributed by atoms with Crippen molar-refractivity contribution in [1.82, 2.24) is 0 Å². The molecule has 1 rings (SSSR count). The first-order valence-corrected chi connectivity index (χ1v) is 4.69. The summed E-state index contributed by atoms with van der Waals surface area (Å²) in [6.07, 6.45) is 0. The van der Waals surface area contributed by atoms with E-state index in [0.717, 1.165) is 5.56 Å². The predicted octanol–water partition coefficient (Wildman–Crippen LogP) is -3.05. The van der Waals surface area contributed by atoms with E-state index in [2.05, 4.69) is 0 Å². The van der Waals surface area contributed by atoms with Gasteiger partial charge in [0.25, 0.3) is 0 Å². The molecule has 0 saturated carbocycles. The third-order valence-corrected chi connectivity index (χ3v) is 2.45. The molecule has 0 N–H and O–H groups in total. The van der Waals surface area contributed by atoms with Crippen LogP contribution in [0.3, 0.4) is 0 Å². The van der Waals surface area contributed by atoms with Gasteiger partial charge in [-0.3, -0.25) is 0 Å². The van der Waals surface area contributed by atoms with Crippen LogP contribution in [0.1, 0.15) is 26.3 Å². The van der Waals surface area contributed by atoms with E-state index in [4.69, 9.17) is 39.2 Å². The molecule has 5 heteroatoms. The second kappa shape index (κ2) is 3.85. The van der Waals surface area contributed by atoms with Crippen LogP contribution in [-0.4, -0.2) is 39.2 Å². The Hall–Kier alpha value is -0.455. The maximum atomic E-state index is 5.90. The zero-order valence-electron chi connectivity index (χ0n) is 9.39. The summed E-state index contributed by atoms with van der Waals surface area (Å²) < 4.78 is 0. The number of hydrogen-bond acceptors (Lipinski definition) is 0. The highest BCUT2D eigenvalue weighted by atomic mass is 14.2. The fourth-order valence-corrected chi connectivity index (χ4v) is 1.66. The van der Waals surface area contributed by atoms with E-state index in [9.17, 15) is 0 Å². The quantitative estimate of drug-likeness (QED) is 0.375. The highest BCUT2D eigenvalue weighted by Gasteiger charge is 2.20. The van der Waals surface area contributed by atoms with Gasteiger partial charge in [0.15, 0.2) is 0 Å². The van der Waals surface area contributed by atoms with Gasteiger partial charge in [0.1, 0.15) is 39.2 Å². The minimum absolute atomic E-state index is 0.218. The molecule has 0 bridgehead atoms. The minimum Gasteiger partial charge on any atom is -0.112 e. The van der Waals surface area contributed by atoms with Crippen molar-refractivity contribution in [2.75, 3.05) is 0 Å². The summed E-state index contributed by atoms with van der Waals surface area (Å²) >= 11 is 0. The summed E-state index contributed by atoms with van der Waals surface area (Å²) in [5.74, 6) is 0. The minimum atomic E-state index is -0.218. The fourth-order valence-electron chi connectivity index (χ4n) is 1.66. The van der Waals surface area contributed by atoms with Crippen LogP contribution < -0.4 is 27.3 Å². The van der Waals surface area contributed by atoms with Gasteiger partial charge in [-0.1, -0.05) is 26.3 Å². The van der Waals surface area contributed by atoms with Gasteiger partial charge in [0, 0.05) is 0 Å². The highest BCUT2D eigenvalue weighted by Crippen LogP contribution is 2.16. The predicted molar refractivity (Wildman–Crippen MR) is 72.1 cm³/mol. The monoisotopic (exact) mass is 184 g/mol. The van der Waals surface area contributed by atoms with Crippen molar-refractivity contribution in [3.63, 3.8) is 0 Å². The number of hydrogen-bond donors (Lipinski definition) is 0. The highest BCUT2D eigenvalue weighted by molar-refractivity contribution is 6.67. The Morgan fingerprint density at radius 2 is 0.867 bits per heavy atom. The molecular weight excluding hydrogens is 174 g/mol. The van der Waals surface area contributed by atoms with E-state index in [1.807, 2.05) is 20.8 Å². The maximum Gasteiger partial charge on any atom is 0.113 e. The largest absolute Gasteiger partial charge is 0.113 e. The van der Waals surface area contributed by atoms with E-state index in [-0.39, 0.29) is 10.9 Å². The molecular formula is C10H9B5. The van der Waals surface area contributed by atoms with E-state index >= 15 is 0 Å². The standard InChI is InChI=1S/C10H9B5/c1-10(2,3)4-5(11)7(13)9(15)8(14)6(4)12/h1-3H3. The molecule has 1 aromatic carbocycles. The lowest BCUT2D eigenvalue weighted by molar-refractivity contribution is 0.598. The van der Waals surface area contributed by atoms with Crippen LogP contribution in [0.5, 0.6) is 0 Å². The van der Waals surface area contributed by atoms with Gasteiger partial charge in [-0.2, -0.15) is 0 Å². The molecule has 0 aliphatic heterocycles. The van der Waals surface area contributed by atoms with Crippen molar-refractivity contribution in [2.24, 2.45) is 0 Å². The molecule has 0 saturated heterocycles. The summed E-state index contributed by atoms with van der Waals surface area (Å²) in [4.78, 5) is 0. The molecule has 1 aromatic rings. The molecule has 0 aromatic heterocycles. The van der Waals surface area contributed by atoms with Crippen molar-refractivity contribution in [3.8, 4) is 0 Å². The van der Waals surface area contributed by atoms with Crippen LogP contribution >= 0.6 is 0 Å². The van der Waals surface area contributed by atoms with Gasteiger partial charge in [0.2, 0.25) is 0 Å². The Labute approximate surface area is 98.7 Å². The average Bonchev–Trinajstić information content (AvgIpc) is 2.09. The molecule has 0 unspecified atom stereocenters. The normalized spacial score (nSPS) is 11.7. The van der Waals surface area contributed by atoms with Gasteiger partial charge in [-0.25, -0.2) is 0 Å². The second-order valence-corrected chi connectivity index (χ2v) is 4.69. The third kappa shape index (κ3) is 2.07. The first-order chi connectivity index (χ1) is 6.68. The SMILES string of the molecule is [B]c1c([B])c([B])c(C(C)(C)C)c([B])c1[B]. The Balaban J connectivity index is 3.68. The molecule has 10 radical (unpaired) electrons. The molecule has 0 fully saturated rings. The van der Waals surface area contributed by atoms with Gasteiger partial charge < -0.3 is 0 Å². The third-order valence-electron chi connectivity index (χ3n) is 2.45. The van der Waals surface area contributed by atoms with E-state index in [1.54, 1.807) is 0 Å². The van der Waals surface area contributed by atoms with Crippen LogP contribution in [0.4, 0.5) is 0 Å². The summed E-state index contributed by atoms with van der Waals surface area (Å²) in [5, 5.41) is 0. The molecule has 0 aliphatic rings. The fraction of sp³-hybridized carbons (Fsp3) is 0.400. The molecule has 0 aliphatic carbocycles. The average molecular weight is 183 g/mol. The van der Waals surface area contributed by atoms with E-state index in [0.29, 0.717) is 21.9 Å². The topological polar surface area (TPSA) is 0 Å². The summed E-state index contributed by atoms with van der Waals surface area (Å²) in [5.41, 5.74) is 2.27. The van der Waals surface area contributed by atoms with Gasteiger partial charge in [0.05, 0.1) is 0 Å². The summed E-state index contributed by atoms with van der Waals surface area (Å²) in [6, 6.07) is 0. The molecule has 15 heavy (non-hydrogen) atoms. The van der Waals surface area contributed by atoms with Crippen molar-refractivity contribution < 1.29 is 0 Å². The second-order valence-electron chi connectivity index (χ2n) is 4.69. The van der Waals surface area contributed by atoms with E-state index < -0.39 is 0 Å². The molecule has 0 nitrogen and oxygen atoms in total. The van der Waals surface area contributed by atoms with Crippen LogP contribution in [-0.2, 0) is 5.41 Å². The molecule has 64 valence electrons. The van der Waals surface area contributed by atoms with Crippen LogP contribution in [0.15, 0.2) is 0 Å². The van der Waals surface area contributed by atoms with Crippen molar-refractivity contribution in [1.29, 1.82) is 0 Å². The first-order valence-electron chi connectivity index (χ1n) is 4.69. The summed E-state index contributed by atoms with van der Waals surface area (Å²) in [7, 11) is 29.0.